The van der Waals surface area contributed by atoms with Crippen LogP contribution in [0.4, 0.5) is 26.5 Å². The minimum absolute atomic E-state index is 0.0292. The highest BCUT2D eigenvalue weighted by atomic mass is 19.1. The normalized spacial score (nSPS) is 11.8. The van der Waals surface area contributed by atoms with Crippen molar-refractivity contribution < 1.29 is 13.9 Å². The number of nitrogen functional groups attached to an aromatic ring is 2. The standard InChI is InChI=1S/C22H23FN8O2/c1-31(22(32)33-2)18-19(25)29-21(30-20(18)26)15(24)11-17(16-9-5-6-10-27-16)28-12-13-7-3-4-8-14(13)23/h3-11H,12,24H2,1-2H3,(H4,25,26,29,30). The number of ether oxygens (including phenoxy) is 1. The molecule has 2 aromatic heterocycles. The number of halogens is 1. The number of aromatic nitrogens is 3. The van der Waals surface area contributed by atoms with Crippen molar-refractivity contribution >= 4 is 34.8 Å². The molecule has 1 aromatic carbocycles. The van der Waals surface area contributed by atoms with E-state index >= 15 is 0 Å². The van der Waals surface area contributed by atoms with Crippen LogP contribution in [0.3, 0.4) is 0 Å². The first kappa shape index (κ1) is 23.1. The molecule has 0 atom stereocenters. The number of carbonyl (C=O) groups is 1. The predicted molar refractivity (Wildman–Crippen MR) is 125 cm³/mol. The molecule has 0 bridgehead atoms. The zero-order chi connectivity index (χ0) is 24.0. The molecule has 10 nitrogen and oxygen atoms in total. The molecule has 33 heavy (non-hydrogen) atoms. The van der Waals surface area contributed by atoms with Crippen LogP contribution in [0.25, 0.3) is 5.70 Å². The number of amides is 1. The summed E-state index contributed by atoms with van der Waals surface area (Å²) in [6.07, 6.45) is 2.41. The van der Waals surface area contributed by atoms with Gasteiger partial charge in [-0.05, 0) is 24.3 Å². The van der Waals surface area contributed by atoms with Crippen molar-refractivity contribution in [2.75, 3.05) is 30.5 Å². The van der Waals surface area contributed by atoms with E-state index in [0.717, 1.165) is 4.90 Å². The van der Waals surface area contributed by atoms with Gasteiger partial charge in [-0.3, -0.25) is 14.9 Å². The second-order valence-electron chi connectivity index (χ2n) is 6.80. The predicted octanol–water partition coefficient (Wildman–Crippen LogP) is 2.37. The van der Waals surface area contributed by atoms with Gasteiger partial charge in [0.1, 0.15) is 11.5 Å². The minimum Gasteiger partial charge on any atom is -0.452 e. The third-order valence-corrected chi connectivity index (χ3v) is 4.58. The number of allylic oxidation sites excluding steroid dienone is 1. The summed E-state index contributed by atoms with van der Waals surface area (Å²) in [5.41, 5.74) is 19.7. The molecule has 11 heteroatoms. The van der Waals surface area contributed by atoms with Crippen LogP contribution in [0.2, 0.25) is 0 Å². The lowest BCUT2D eigenvalue weighted by molar-refractivity contribution is 0.180. The zero-order valence-electron chi connectivity index (χ0n) is 18.1. The van der Waals surface area contributed by atoms with Crippen molar-refractivity contribution in [2.45, 2.75) is 6.54 Å². The summed E-state index contributed by atoms with van der Waals surface area (Å²) >= 11 is 0. The largest absolute Gasteiger partial charge is 0.452 e. The van der Waals surface area contributed by atoms with Crippen LogP contribution in [-0.2, 0) is 11.3 Å². The molecule has 0 saturated heterocycles. The highest BCUT2D eigenvalue weighted by Crippen LogP contribution is 2.28. The Labute approximate surface area is 189 Å². The van der Waals surface area contributed by atoms with E-state index in [2.05, 4.69) is 24.7 Å². The number of aliphatic imine (C=N–C) groups is 1. The number of hydrogen-bond acceptors (Lipinski definition) is 9. The Morgan fingerprint density at radius 3 is 2.42 bits per heavy atom. The molecule has 1 amide bonds. The van der Waals surface area contributed by atoms with Gasteiger partial charge in [-0.25, -0.2) is 19.2 Å². The third kappa shape index (κ3) is 5.39. The van der Waals surface area contributed by atoms with Gasteiger partial charge < -0.3 is 21.9 Å². The molecule has 3 aromatic rings. The second kappa shape index (κ2) is 10.2. The van der Waals surface area contributed by atoms with Gasteiger partial charge in [-0.15, -0.1) is 0 Å². The first-order valence-corrected chi connectivity index (χ1v) is 9.73. The lowest BCUT2D eigenvalue weighted by atomic mass is 10.1. The quantitative estimate of drug-likeness (QED) is 0.483. The van der Waals surface area contributed by atoms with Crippen molar-refractivity contribution in [2.24, 2.45) is 10.7 Å². The van der Waals surface area contributed by atoms with Gasteiger partial charge in [-0.1, -0.05) is 24.3 Å². The lowest BCUT2D eigenvalue weighted by Crippen LogP contribution is -2.28. The minimum atomic E-state index is -0.689. The number of carbonyl (C=O) groups excluding carboxylic acids is 1. The first-order chi connectivity index (χ1) is 15.8. The van der Waals surface area contributed by atoms with E-state index in [0.29, 0.717) is 17.0 Å². The van der Waals surface area contributed by atoms with Crippen molar-refractivity contribution in [1.29, 1.82) is 0 Å². The number of rotatable bonds is 6. The van der Waals surface area contributed by atoms with Gasteiger partial charge in [0.25, 0.3) is 0 Å². The molecule has 2 heterocycles. The molecule has 0 saturated carbocycles. The second-order valence-corrected chi connectivity index (χ2v) is 6.80. The molecule has 6 N–H and O–H groups in total. The van der Waals surface area contributed by atoms with Gasteiger partial charge in [0, 0.05) is 18.8 Å². The monoisotopic (exact) mass is 450 g/mol. The van der Waals surface area contributed by atoms with E-state index in [1.54, 1.807) is 42.6 Å². The SMILES string of the molecule is COC(=O)N(C)c1c(N)nc(C(N)=CC(=NCc2ccccc2F)c2ccccn2)nc1N. The molecule has 3 rings (SSSR count). The van der Waals surface area contributed by atoms with Gasteiger partial charge in [-0.2, -0.15) is 0 Å². The van der Waals surface area contributed by atoms with Crippen LogP contribution < -0.4 is 22.1 Å². The number of nitrogens with zero attached hydrogens (tertiary/aromatic N) is 5. The molecule has 0 aliphatic carbocycles. The van der Waals surface area contributed by atoms with E-state index in [4.69, 9.17) is 17.2 Å². The topological polar surface area (TPSA) is 159 Å². The van der Waals surface area contributed by atoms with Crippen molar-refractivity contribution in [3.05, 3.63) is 77.6 Å². The highest BCUT2D eigenvalue weighted by molar-refractivity contribution is 6.10. The number of nitrogens with two attached hydrogens (primary N) is 3. The third-order valence-electron chi connectivity index (χ3n) is 4.58. The summed E-state index contributed by atoms with van der Waals surface area (Å²) in [4.78, 5) is 30.0. The Balaban J connectivity index is 2.00. The van der Waals surface area contributed by atoms with E-state index in [1.165, 1.54) is 26.3 Å². The summed E-state index contributed by atoms with van der Waals surface area (Å²) in [5.74, 6) is -0.469. The Kier molecular flexibility index (Phi) is 7.13. The molecule has 170 valence electrons. The summed E-state index contributed by atoms with van der Waals surface area (Å²) in [6.45, 7) is 0.0658. The van der Waals surface area contributed by atoms with Gasteiger partial charge >= 0.3 is 6.09 Å². The zero-order valence-corrected chi connectivity index (χ0v) is 18.1. The van der Waals surface area contributed by atoms with Crippen LogP contribution in [0.5, 0.6) is 0 Å². The number of anilines is 3. The maximum Gasteiger partial charge on any atom is 0.413 e. The molecule has 0 spiro atoms. The first-order valence-electron chi connectivity index (χ1n) is 9.73. The van der Waals surface area contributed by atoms with Crippen LogP contribution in [0.1, 0.15) is 17.1 Å². The average Bonchev–Trinajstić information content (AvgIpc) is 2.81. The summed E-state index contributed by atoms with van der Waals surface area (Å²) < 4.78 is 18.7. The molecule has 0 unspecified atom stereocenters. The molecular formula is C22H23FN8O2. The van der Waals surface area contributed by atoms with Crippen molar-refractivity contribution in [3.8, 4) is 0 Å². The summed E-state index contributed by atoms with van der Waals surface area (Å²) in [7, 11) is 2.64. The van der Waals surface area contributed by atoms with Crippen LogP contribution in [-0.4, -0.2) is 40.9 Å². The van der Waals surface area contributed by atoms with Crippen molar-refractivity contribution in [1.82, 2.24) is 15.0 Å². The number of methoxy groups -OCH3 is 1. The maximum atomic E-state index is 14.0. The number of hydrogen-bond donors (Lipinski definition) is 3. The smallest absolute Gasteiger partial charge is 0.413 e. The average molecular weight is 450 g/mol. The van der Waals surface area contributed by atoms with Crippen LogP contribution in [0.15, 0.2) is 59.7 Å². The number of benzene rings is 1. The fourth-order valence-corrected chi connectivity index (χ4v) is 2.91. The van der Waals surface area contributed by atoms with Gasteiger partial charge in [0.05, 0.1) is 30.8 Å². The molecule has 0 fully saturated rings. The van der Waals surface area contributed by atoms with Crippen LogP contribution in [0, 0.1) is 5.82 Å². The molecular weight excluding hydrogens is 427 g/mol. The molecule has 0 radical (unpaired) electrons. The Morgan fingerprint density at radius 1 is 1.15 bits per heavy atom. The molecule has 0 aliphatic heterocycles. The van der Waals surface area contributed by atoms with Crippen molar-refractivity contribution in [3.63, 3.8) is 0 Å². The fraction of sp³-hybridized carbons (Fsp3) is 0.136. The van der Waals surface area contributed by atoms with Gasteiger partial charge in [0.2, 0.25) is 0 Å². The maximum absolute atomic E-state index is 14.0. The van der Waals surface area contributed by atoms with E-state index < -0.39 is 6.09 Å². The van der Waals surface area contributed by atoms with Gasteiger partial charge in [0.15, 0.2) is 17.5 Å². The Hall–Kier alpha value is -4.54. The van der Waals surface area contributed by atoms with E-state index in [9.17, 15) is 9.18 Å². The lowest BCUT2D eigenvalue weighted by Gasteiger charge is -2.19. The Morgan fingerprint density at radius 2 is 1.82 bits per heavy atom. The summed E-state index contributed by atoms with van der Waals surface area (Å²) in [6, 6.07) is 11.6. The van der Waals surface area contributed by atoms with E-state index in [-0.39, 0.29) is 41.2 Å². The molecule has 0 aliphatic rings. The Bertz CT molecular complexity index is 1190. The number of pyridine rings is 1. The fourth-order valence-electron chi connectivity index (χ4n) is 2.91. The highest BCUT2D eigenvalue weighted by Gasteiger charge is 2.21. The van der Waals surface area contributed by atoms with E-state index in [1.807, 2.05) is 0 Å². The van der Waals surface area contributed by atoms with Crippen LogP contribution >= 0.6 is 0 Å². The summed E-state index contributed by atoms with van der Waals surface area (Å²) in [5, 5.41) is 0.